The molecule has 21 heavy (non-hydrogen) atoms. The van der Waals surface area contributed by atoms with Gasteiger partial charge >= 0.3 is 0 Å². The Labute approximate surface area is 123 Å². The molecule has 0 aliphatic carbocycles. The molecule has 0 atom stereocenters. The normalized spacial score (nSPS) is 10.9. The zero-order valence-electron chi connectivity index (χ0n) is 11.6. The Balaban J connectivity index is 2.38. The summed E-state index contributed by atoms with van der Waals surface area (Å²) in [5.41, 5.74) is 1.85. The first-order valence-corrected chi connectivity index (χ1v) is 7.65. The van der Waals surface area contributed by atoms with Gasteiger partial charge in [0.05, 0.1) is 16.5 Å². The van der Waals surface area contributed by atoms with Gasteiger partial charge in [0.15, 0.2) is 0 Å². The molecule has 2 aromatic rings. The van der Waals surface area contributed by atoms with Crippen LogP contribution >= 0.6 is 0 Å². The maximum absolute atomic E-state index is 12.4. The predicted octanol–water partition coefficient (Wildman–Crippen LogP) is 2.68. The smallest absolute Gasteiger partial charge is 0.262 e. The average Bonchev–Trinajstić information content (AvgIpc) is 2.42. The Morgan fingerprint density at radius 2 is 1.81 bits per heavy atom. The van der Waals surface area contributed by atoms with E-state index in [1.165, 1.54) is 30.3 Å². The lowest BCUT2D eigenvalue weighted by Crippen LogP contribution is -2.14. The van der Waals surface area contributed by atoms with Gasteiger partial charge in [-0.1, -0.05) is 0 Å². The van der Waals surface area contributed by atoms with Crippen LogP contribution < -0.4 is 4.72 Å². The number of benzene rings is 2. The highest BCUT2D eigenvalue weighted by molar-refractivity contribution is 7.92. The lowest BCUT2D eigenvalue weighted by Gasteiger charge is -2.11. The van der Waals surface area contributed by atoms with Crippen molar-refractivity contribution in [3.05, 3.63) is 53.1 Å². The van der Waals surface area contributed by atoms with Crippen molar-refractivity contribution >= 4 is 15.7 Å². The van der Waals surface area contributed by atoms with Gasteiger partial charge < -0.3 is 5.11 Å². The van der Waals surface area contributed by atoms with Gasteiger partial charge in [0, 0.05) is 5.69 Å². The van der Waals surface area contributed by atoms with Crippen molar-refractivity contribution in [1.29, 1.82) is 5.26 Å². The van der Waals surface area contributed by atoms with Crippen molar-refractivity contribution in [3.8, 4) is 11.8 Å². The standard InChI is InChI=1S/C15H14N2O3S/c1-10-8-13(4-5-14(10)18)17-21(19,20)15-6-3-12(9-16)7-11(15)2/h3-8,17-18H,1-2H3. The Kier molecular flexibility index (Phi) is 3.87. The summed E-state index contributed by atoms with van der Waals surface area (Å²) in [6.45, 7) is 3.32. The molecule has 2 rings (SSSR count). The van der Waals surface area contributed by atoms with Crippen LogP contribution in [0.5, 0.6) is 5.75 Å². The number of rotatable bonds is 3. The number of phenolic OH excluding ortho intramolecular Hbond substituents is 1. The molecule has 6 heteroatoms. The first-order valence-electron chi connectivity index (χ1n) is 6.16. The molecule has 2 aromatic carbocycles. The summed E-state index contributed by atoms with van der Waals surface area (Å²) < 4.78 is 27.2. The number of sulfonamides is 1. The Morgan fingerprint density at radius 3 is 2.38 bits per heavy atom. The van der Waals surface area contributed by atoms with Crippen molar-refractivity contribution in [1.82, 2.24) is 0 Å². The first-order chi connectivity index (χ1) is 9.83. The van der Waals surface area contributed by atoms with E-state index in [4.69, 9.17) is 5.26 Å². The number of nitrogens with one attached hydrogen (secondary N) is 1. The van der Waals surface area contributed by atoms with Gasteiger partial charge in [0.2, 0.25) is 0 Å². The maximum atomic E-state index is 12.4. The molecule has 0 saturated heterocycles. The molecule has 2 N–H and O–H groups in total. The van der Waals surface area contributed by atoms with Crippen LogP contribution in [-0.4, -0.2) is 13.5 Å². The second-order valence-corrected chi connectivity index (χ2v) is 6.35. The molecule has 0 heterocycles. The SMILES string of the molecule is Cc1cc(NS(=O)(=O)c2ccc(C#N)cc2C)ccc1O. The van der Waals surface area contributed by atoms with Crippen LogP contribution in [0.4, 0.5) is 5.69 Å². The Hall–Kier alpha value is -2.52. The van der Waals surface area contributed by atoms with Gasteiger partial charge in [-0.3, -0.25) is 4.72 Å². The lowest BCUT2D eigenvalue weighted by molar-refractivity contribution is 0.471. The zero-order chi connectivity index (χ0) is 15.6. The largest absolute Gasteiger partial charge is 0.508 e. The quantitative estimate of drug-likeness (QED) is 0.853. The number of hydrogen-bond donors (Lipinski definition) is 2. The minimum Gasteiger partial charge on any atom is -0.508 e. The average molecular weight is 302 g/mol. The van der Waals surface area contributed by atoms with Gasteiger partial charge in [0.1, 0.15) is 5.75 Å². The van der Waals surface area contributed by atoms with E-state index in [-0.39, 0.29) is 10.6 Å². The number of nitrogens with zero attached hydrogens (tertiary/aromatic N) is 1. The van der Waals surface area contributed by atoms with E-state index in [0.29, 0.717) is 22.4 Å². The predicted molar refractivity (Wildman–Crippen MR) is 79.5 cm³/mol. The molecule has 0 radical (unpaired) electrons. The molecular weight excluding hydrogens is 288 g/mol. The van der Waals surface area contributed by atoms with Crippen molar-refractivity contribution < 1.29 is 13.5 Å². The molecular formula is C15H14N2O3S. The van der Waals surface area contributed by atoms with Gasteiger partial charge in [-0.2, -0.15) is 5.26 Å². The van der Waals surface area contributed by atoms with E-state index in [2.05, 4.69) is 4.72 Å². The second-order valence-electron chi connectivity index (χ2n) is 4.70. The highest BCUT2D eigenvalue weighted by Crippen LogP contribution is 2.24. The molecule has 0 amide bonds. The molecule has 5 nitrogen and oxygen atoms in total. The lowest BCUT2D eigenvalue weighted by atomic mass is 10.2. The monoisotopic (exact) mass is 302 g/mol. The molecule has 0 saturated carbocycles. The molecule has 0 aliphatic rings. The Morgan fingerprint density at radius 1 is 1.10 bits per heavy atom. The summed E-state index contributed by atoms with van der Waals surface area (Å²) in [5, 5.41) is 18.3. The van der Waals surface area contributed by atoms with E-state index in [1.807, 2.05) is 6.07 Å². The molecule has 0 spiro atoms. The number of phenols is 1. The molecule has 0 unspecified atom stereocenters. The number of hydrogen-bond acceptors (Lipinski definition) is 4. The second kappa shape index (κ2) is 5.46. The fraction of sp³-hybridized carbons (Fsp3) is 0.133. The van der Waals surface area contributed by atoms with Gasteiger partial charge in [-0.25, -0.2) is 8.42 Å². The van der Waals surface area contributed by atoms with E-state index in [0.717, 1.165) is 0 Å². The number of nitriles is 1. The fourth-order valence-corrected chi connectivity index (χ4v) is 3.23. The molecule has 0 bridgehead atoms. The summed E-state index contributed by atoms with van der Waals surface area (Å²) in [5.74, 6) is 0.104. The highest BCUT2D eigenvalue weighted by atomic mass is 32.2. The van der Waals surface area contributed by atoms with Gasteiger partial charge in [-0.15, -0.1) is 0 Å². The zero-order valence-corrected chi connectivity index (χ0v) is 12.4. The van der Waals surface area contributed by atoms with E-state index >= 15 is 0 Å². The molecule has 108 valence electrons. The van der Waals surface area contributed by atoms with Crippen LogP contribution in [0, 0.1) is 25.2 Å². The summed E-state index contributed by atoms with van der Waals surface area (Å²) in [7, 11) is -3.74. The summed E-state index contributed by atoms with van der Waals surface area (Å²) >= 11 is 0. The van der Waals surface area contributed by atoms with Crippen molar-refractivity contribution in [3.63, 3.8) is 0 Å². The van der Waals surface area contributed by atoms with Crippen LogP contribution in [0.2, 0.25) is 0 Å². The number of aromatic hydroxyl groups is 1. The third-order valence-electron chi connectivity index (χ3n) is 3.04. The highest BCUT2D eigenvalue weighted by Gasteiger charge is 2.17. The maximum Gasteiger partial charge on any atom is 0.262 e. The van der Waals surface area contributed by atoms with Crippen LogP contribution in [-0.2, 0) is 10.0 Å². The van der Waals surface area contributed by atoms with Crippen molar-refractivity contribution in [2.75, 3.05) is 4.72 Å². The first kappa shape index (κ1) is 14.9. The summed E-state index contributed by atoms with van der Waals surface area (Å²) in [6, 6.07) is 10.8. The van der Waals surface area contributed by atoms with Crippen LogP contribution in [0.15, 0.2) is 41.3 Å². The van der Waals surface area contributed by atoms with Crippen molar-refractivity contribution in [2.45, 2.75) is 18.7 Å². The van der Waals surface area contributed by atoms with Crippen LogP contribution in [0.1, 0.15) is 16.7 Å². The van der Waals surface area contributed by atoms with E-state index in [9.17, 15) is 13.5 Å². The van der Waals surface area contributed by atoms with Crippen LogP contribution in [0.3, 0.4) is 0 Å². The van der Waals surface area contributed by atoms with Crippen LogP contribution in [0.25, 0.3) is 0 Å². The number of anilines is 1. The Bertz CT molecular complexity index is 836. The third-order valence-corrected chi connectivity index (χ3v) is 4.58. The molecule has 0 aromatic heterocycles. The fourth-order valence-electron chi connectivity index (χ4n) is 1.95. The summed E-state index contributed by atoms with van der Waals surface area (Å²) in [6.07, 6.45) is 0. The van der Waals surface area contributed by atoms with Crippen molar-refractivity contribution in [2.24, 2.45) is 0 Å². The minimum atomic E-state index is -3.74. The summed E-state index contributed by atoms with van der Waals surface area (Å²) in [4.78, 5) is 0.118. The van der Waals surface area contributed by atoms with E-state index in [1.54, 1.807) is 19.9 Å². The van der Waals surface area contributed by atoms with Gasteiger partial charge in [0.25, 0.3) is 10.0 Å². The third kappa shape index (κ3) is 3.15. The molecule has 0 fully saturated rings. The number of aryl methyl sites for hydroxylation is 2. The molecule has 0 aliphatic heterocycles. The van der Waals surface area contributed by atoms with E-state index < -0.39 is 10.0 Å². The van der Waals surface area contributed by atoms with Gasteiger partial charge in [-0.05, 0) is 61.4 Å². The minimum absolute atomic E-state index is 0.104. The topological polar surface area (TPSA) is 90.2 Å².